The molecule has 2 heteroatoms. The average Bonchev–Trinajstić information content (AvgIpc) is 3.17. The molecule has 4 saturated carbocycles. The highest BCUT2D eigenvalue weighted by Gasteiger charge is 2.73. The van der Waals surface area contributed by atoms with Gasteiger partial charge >= 0.3 is 0 Å². The summed E-state index contributed by atoms with van der Waals surface area (Å²) in [6.45, 7) is 2.63. The number of rotatable bonds is 1. The van der Waals surface area contributed by atoms with Crippen LogP contribution in [0.1, 0.15) is 58.3 Å². The summed E-state index contributed by atoms with van der Waals surface area (Å²) < 4.78 is 0. The van der Waals surface area contributed by atoms with Crippen molar-refractivity contribution in [2.45, 2.75) is 58.3 Å². The van der Waals surface area contributed by atoms with Crippen LogP contribution in [0.4, 0.5) is 0 Å². The summed E-state index contributed by atoms with van der Waals surface area (Å²) in [5.41, 5.74) is 2.74. The molecule has 1 N–H and O–H groups in total. The van der Waals surface area contributed by atoms with E-state index in [1.807, 2.05) is 6.08 Å². The van der Waals surface area contributed by atoms with Gasteiger partial charge in [-0.25, -0.2) is 0 Å². The third-order valence-corrected chi connectivity index (χ3v) is 8.75. The molecule has 0 aromatic heterocycles. The number of carbonyl (C=O) groups is 1. The van der Waals surface area contributed by atoms with Gasteiger partial charge in [-0.2, -0.15) is 0 Å². The number of ketones is 1. The molecule has 0 radical (unpaired) electrons. The summed E-state index contributed by atoms with van der Waals surface area (Å²) in [7, 11) is 0. The quantitative estimate of drug-likeness (QED) is 0.801. The van der Waals surface area contributed by atoms with Crippen LogP contribution < -0.4 is 0 Å². The van der Waals surface area contributed by atoms with Crippen LogP contribution in [0, 0.1) is 40.4 Å². The largest absolute Gasteiger partial charge is 0.396 e. The second-order valence-electron chi connectivity index (χ2n) is 9.23. The van der Waals surface area contributed by atoms with Gasteiger partial charge in [0, 0.05) is 5.92 Å². The van der Waals surface area contributed by atoms with Crippen molar-refractivity contribution in [3.8, 4) is 0 Å². The standard InChI is InChI=1S/C20H28O2/c1-19-6-4-14-10-20(14,19)17-3-2-12-9-18(22)13(11-21)8-16(12)15(17)5-7-19/h9,13-17,21H,2-8,10-11H2,1H3/t13?,14?,15-,16+,17-,19+,20?/m1/s1. The van der Waals surface area contributed by atoms with E-state index >= 15 is 0 Å². The summed E-state index contributed by atoms with van der Waals surface area (Å²) >= 11 is 0. The van der Waals surface area contributed by atoms with Crippen molar-refractivity contribution < 1.29 is 9.90 Å². The van der Waals surface area contributed by atoms with E-state index in [0.29, 0.717) is 16.7 Å². The van der Waals surface area contributed by atoms with Crippen molar-refractivity contribution in [3.05, 3.63) is 11.6 Å². The first kappa shape index (κ1) is 13.8. The van der Waals surface area contributed by atoms with Gasteiger partial charge in [0.2, 0.25) is 0 Å². The molecule has 120 valence electrons. The minimum absolute atomic E-state index is 0.0436. The van der Waals surface area contributed by atoms with Crippen molar-refractivity contribution >= 4 is 5.78 Å². The fourth-order valence-electron chi connectivity index (χ4n) is 7.63. The van der Waals surface area contributed by atoms with E-state index in [-0.39, 0.29) is 18.3 Å². The molecule has 5 rings (SSSR count). The van der Waals surface area contributed by atoms with Gasteiger partial charge in [0.1, 0.15) is 0 Å². The molecule has 5 aliphatic carbocycles. The SMILES string of the molecule is C[C@@]12CCC3CC31[C@@H]1CCC3=CC(=O)C(CO)C[C@@H]3[C@H]1CC2. The number of fused-ring (bicyclic) bond motifs is 3. The molecule has 5 aliphatic rings. The third kappa shape index (κ3) is 1.48. The lowest BCUT2D eigenvalue weighted by Crippen LogP contribution is -2.48. The smallest absolute Gasteiger partial charge is 0.161 e. The highest BCUT2D eigenvalue weighted by molar-refractivity contribution is 5.93. The predicted molar refractivity (Wildman–Crippen MR) is 85.1 cm³/mol. The van der Waals surface area contributed by atoms with Crippen LogP contribution >= 0.6 is 0 Å². The minimum atomic E-state index is -0.114. The molecule has 0 amide bonds. The Morgan fingerprint density at radius 1 is 1.27 bits per heavy atom. The number of carbonyl (C=O) groups excluding carboxylic acids is 1. The molecule has 0 aromatic rings. The van der Waals surface area contributed by atoms with E-state index in [9.17, 15) is 9.90 Å². The topological polar surface area (TPSA) is 37.3 Å². The second kappa shape index (κ2) is 4.26. The third-order valence-electron chi connectivity index (χ3n) is 8.75. The molecule has 0 bridgehead atoms. The average molecular weight is 300 g/mol. The fraction of sp³-hybridized carbons (Fsp3) is 0.850. The lowest BCUT2D eigenvalue weighted by molar-refractivity contribution is -0.121. The van der Waals surface area contributed by atoms with Gasteiger partial charge in [0.15, 0.2) is 5.78 Å². The van der Waals surface area contributed by atoms with E-state index in [1.165, 1.54) is 44.1 Å². The Hall–Kier alpha value is -0.630. The van der Waals surface area contributed by atoms with E-state index in [1.54, 1.807) is 0 Å². The van der Waals surface area contributed by atoms with Gasteiger partial charge in [-0.05, 0) is 91.9 Å². The molecule has 1 spiro atoms. The van der Waals surface area contributed by atoms with Gasteiger partial charge in [-0.1, -0.05) is 12.5 Å². The van der Waals surface area contributed by atoms with Crippen molar-refractivity contribution in [1.82, 2.24) is 0 Å². The highest BCUT2D eigenvalue weighted by Crippen LogP contribution is 2.81. The molecule has 22 heavy (non-hydrogen) atoms. The second-order valence-corrected chi connectivity index (χ2v) is 9.23. The zero-order chi connectivity index (χ0) is 15.1. The van der Waals surface area contributed by atoms with Crippen LogP contribution in [0.15, 0.2) is 11.6 Å². The van der Waals surface area contributed by atoms with Crippen LogP contribution in [0.5, 0.6) is 0 Å². The normalized spacial score (nSPS) is 55.6. The number of allylic oxidation sites excluding steroid dienone is 1. The monoisotopic (exact) mass is 300 g/mol. The van der Waals surface area contributed by atoms with E-state index in [0.717, 1.165) is 30.6 Å². The van der Waals surface area contributed by atoms with Crippen molar-refractivity contribution in [2.24, 2.45) is 40.4 Å². The van der Waals surface area contributed by atoms with E-state index in [4.69, 9.17) is 0 Å². The summed E-state index contributed by atoms with van der Waals surface area (Å²) in [5.74, 6) is 3.42. The molecule has 0 saturated heterocycles. The zero-order valence-electron chi connectivity index (χ0n) is 13.7. The Labute approximate surface area is 133 Å². The number of aliphatic hydroxyl groups is 1. The van der Waals surface area contributed by atoms with Crippen LogP contribution in [0.25, 0.3) is 0 Å². The molecule has 0 aromatic carbocycles. The minimum Gasteiger partial charge on any atom is -0.396 e. The first-order valence-corrected chi connectivity index (χ1v) is 9.44. The van der Waals surface area contributed by atoms with Crippen molar-refractivity contribution in [2.75, 3.05) is 6.61 Å². The Balaban J connectivity index is 1.50. The summed E-state index contributed by atoms with van der Waals surface area (Å²) in [5, 5.41) is 9.55. The molecular formula is C20H28O2. The maximum Gasteiger partial charge on any atom is 0.161 e. The number of aliphatic hydroxyl groups excluding tert-OH is 1. The van der Waals surface area contributed by atoms with E-state index in [2.05, 4.69) is 6.92 Å². The van der Waals surface area contributed by atoms with Gasteiger partial charge in [0.25, 0.3) is 0 Å². The Morgan fingerprint density at radius 3 is 2.86 bits per heavy atom. The van der Waals surface area contributed by atoms with Gasteiger partial charge in [0.05, 0.1) is 6.61 Å². The van der Waals surface area contributed by atoms with Crippen LogP contribution in [-0.2, 0) is 4.79 Å². The number of hydrogen-bond acceptors (Lipinski definition) is 2. The lowest BCUT2D eigenvalue weighted by Gasteiger charge is -2.55. The molecule has 7 atom stereocenters. The fourth-order valence-corrected chi connectivity index (χ4v) is 7.63. The molecule has 3 unspecified atom stereocenters. The number of hydrogen-bond donors (Lipinski definition) is 1. The van der Waals surface area contributed by atoms with Crippen molar-refractivity contribution in [3.63, 3.8) is 0 Å². The Kier molecular flexibility index (Phi) is 2.67. The molecule has 2 nitrogen and oxygen atoms in total. The molecular weight excluding hydrogens is 272 g/mol. The maximum atomic E-state index is 12.1. The summed E-state index contributed by atoms with van der Waals surface area (Å²) in [6.07, 6.45) is 12.6. The van der Waals surface area contributed by atoms with Gasteiger partial charge < -0.3 is 5.11 Å². The Bertz CT molecular complexity index is 564. The lowest BCUT2D eigenvalue weighted by atomic mass is 9.49. The van der Waals surface area contributed by atoms with Crippen molar-refractivity contribution in [1.29, 1.82) is 0 Å². The van der Waals surface area contributed by atoms with Gasteiger partial charge in [-0.3, -0.25) is 4.79 Å². The van der Waals surface area contributed by atoms with Gasteiger partial charge in [-0.15, -0.1) is 0 Å². The zero-order valence-corrected chi connectivity index (χ0v) is 13.7. The maximum absolute atomic E-state index is 12.1. The first-order valence-electron chi connectivity index (χ1n) is 9.44. The molecule has 4 fully saturated rings. The van der Waals surface area contributed by atoms with Crippen LogP contribution in [-0.4, -0.2) is 17.5 Å². The molecule has 0 aliphatic heterocycles. The van der Waals surface area contributed by atoms with Crippen LogP contribution in [0.3, 0.4) is 0 Å². The summed E-state index contributed by atoms with van der Waals surface area (Å²) in [6, 6.07) is 0. The van der Waals surface area contributed by atoms with E-state index < -0.39 is 0 Å². The Morgan fingerprint density at radius 2 is 2.09 bits per heavy atom. The predicted octanol–water partition coefficient (Wildman–Crippen LogP) is 3.74. The van der Waals surface area contributed by atoms with Crippen LogP contribution in [0.2, 0.25) is 0 Å². The summed E-state index contributed by atoms with van der Waals surface area (Å²) in [4.78, 5) is 12.1. The highest BCUT2D eigenvalue weighted by atomic mass is 16.3. The molecule has 0 heterocycles. The first-order chi connectivity index (χ1) is 10.6.